The Morgan fingerprint density at radius 3 is 2.43 bits per heavy atom. The minimum atomic E-state index is -4.50. The molecule has 0 saturated carbocycles. The average Bonchev–Trinajstić information content (AvgIpc) is 2.73. The van der Waals surface area contributed by atoms with E-state index in [1.807, 2.05) is 12.1 Å². The van der Waals surface area contributed by atoms with Crippen molar-refractivity contribution >= 4 is 17.5 Å². The maximum absolute atomic E-state index is 12.7. The lowest BCUT2D eigenvalue weighted by Crippen LogP contribution is -2.48. The molecular formula is C20H18ClF3N4O2. The second-order valence-corrected chi connectivity index (χ2v) is 7.20. The predicted molar refractivity (Wildman–Crippen MR) is 103 cm³/mol. The van der Waals surface area contributed by atoms with E-state index in [4.69, 9.17) is 16.9 Å². The van der Waals surface area contributed by atoms with Gasteiger partial charge in [0.25, 0.3) is 5.91 Å². The molecule has 0 atom stereocenters. The van der Waals surface area contributed by atoms with Crippen LogP contribution in [0.15, 0.2) is 36.5 Å². The van der Waals surface area contributed by atoms with Gasteiger partial charge in [0, 0.05) is 38.9 Å². The molecule has 0 N–H and O–H groups in total. The summed E-state index contributed by atoms with van der Waals surface area (Å²) in [5.41, 5.74) is 1.88. The Morgan fingerprint density at radius 2 is 1.87 bits per heavy atom. The SMILES string of the molecule is N#Cc1ccc(CN2CCN(C(=O)c3cnc(OCC(F)(F)F)c(Cl)c3)CC2)cc1. The number of carbonyl (C=O) groups is 1. The molecular weight excluding hydrogens is 421 g/mol. The normalized spacial score (nSPS) is 15.0. The van der Waals surface area contributed by atoms with E-state index in [0.29, 0.717) is 38.3 Å². The third-order valence-corrected chi connectivity index (χ3v) is 4.85. The fourth-order valence-corrected chi connectivity index (χ4v) is 3.25. The van der Waals surface area contributed by atoms with Gasteiger partial charge < -0.3 is 9.64 Å². The number of benzene rings is 1. The number of piperazine rings is 1. The number of alkyl halides is 3. The summed E-state index contributed by atoms with van der Waals surface area (Å²) < 4.78 is 41.3. The lowest BCUT2D eigenvalue weighted by Gasteiger charge is -2.34. The Labute approximate surface area is 176 Å². The minimum absolute atomic E-state index is 0.149. The van der Waals surface area contributed by atoms with Gasteiger partial charge in [0.15, 0.2) is 6.61 Å². The fourth-order valence-electron chi connectivity index (χ4n) is 3.03. The summed E-state index contributed by atoms with van der Waals surface area (Å²) in [4.78, 5) is 20.3. The van der Waals surface area contributed by atoms with Crippen molar-refractivity contribution in [2.75, 3.05) is 32.8 Å². The van der Waals surface area contributed by atoms with Crippen molar-refractivity contribution in [3.05, 3.63) is 58.2 Å². The molecule has 0 aliphatic carbocycles. The zero-order valence-electron chi connectivity index (χ0n) is 15.8. The number of pyridine rings is 1. The number of nitriles is 1. The number of nitrogens with zero attached hydrogens (tertiary/aromatic N) is 4. The fraction of sp³-hybridized carbons (Fsp3) is 0.350. The van der Waals surface area contributed by atoms with Crippen LogP contribution in [0.1, 0.15) is 21.5 Å². The lowest BCUT2D eigenvalue weighted by atomic mass is 10.1. The van der Waals surface area contributed by atoms with Gasteiger partial charge >= 0.3 is 6.18 Å². The highest BCUT2D eigenvalue weighted by atomic mass is 35.5. The predicted octanol–water partition coefficient (Wildman–Crippen LogP) is 3.51. The smallest absolute Gasteiger partial charge is 0.422 e. The van der Waals surface area contributed by atoms with E-state index in [-0.39, 0.29) is 22.4 Å². The molecule has 6 nitrogen and oxygen atoms in total. The molecule has 0 spiro atoms. The van der Waals surface area contributed by atoms with E-state index in [1.165, 1.54) is 12.3 Å². The number of hydrogen-bond donors (Lipinski definition) is 0. The third kappa shape index (κ3) is 5.84. The van der Waals surface area contributed by atoms with Gasteiger partial charge in [0.1, 0.15) is 5.02 Å². The summed E-state index contributed by atoms with van der Waals surface area (Å²) in [6, 6.07) is 10.7. The van der Waals surface area contributed by atoms with Crippen molar-refractivity contribution < 1.29 is 22.7 Å². The van der Waals surface area contributed by atoms with Gasteiger partial charge in [-0.15, -0.1) is 0 Å². The number of carbonyl (C=O) groups excluding carboxylic acids is 1. The first-order chi connectivity index (χ1) is 14.2. The van der Waals surface area contributed by atoms with Crippen molar-refractivity contribution in [1.29, 1.82) is 5.26 Å². The molecule has 0 unspecified atom stereocenters. The summed E-state index contributed by atoms with van der Waals surface area (Å²) in [6.45, 7) is 1.54. The van der Waals surface area contributed by atoms with Crippen LogP contribution in [0.5, 0.6) is 5.88 Å². The largest absolute Gasteiger partial charge is 0.467 e. The maximum Gasteiger partial charge on any atom is 0.422 e. The summed E-state index contributed by atoms with van der Waals surface area (Å²) in [5.74, 6) is -0.650. The van der Waals surface area contributed by atoms with E-state index >= 15 is 0 Å². The monoisotopic (exact) mass is 438 g/mol. The van der Waals surface area contributed by atoms with Crippen LogP contribution in [0.2, 0.25) is 5.02 Å². The molecule has 2 aromatic rings. The zero-order valence-corrected chi connectivity index (χ0v) is 16.6. The van der Waals surface area contributed by atoms with Crippen molar-refractivity contribution in [3.63, 3.8) is 0 Å². The second kappa shape index (κ2) is 9.32. The highest BCUT2D eigenvalue weighted by Crippen LogP contribution is 2.25. The molecule has 1 aliphatic rings. The summed E-state index contributed by atoms with van der Waals surface area (Å²) in [6.07, 6.45) is -3.33. The van der Waals surface area contributed by atoms with Gasteiger partial charge in [-0.25, -0.2) is 4.98 Å². The van der Waals surface area contributed by atoms with Crippen LogP contribution in [0.3, 0.4) is 0 Å². The molecule has 0 bridgehead atoms. The number of hydrogen-bond acceptors (Lipinski definition) is 5. The minimum Gasteiger partial charge on any atom is -0.467 e. The van der Waals surface area contributed by atoms with Crippen LogP contribution in [0, 0.1) is 11.3 Å². The van der Waals surface area contributed by atoms with Crippen LogP contribution >= 0.6 is 11.6 Å². The molecule has 0 radical (unpaired) electrons. The van der Waals surface area contributed by atoms with Crippen molar-refractivity contribution in [3.8, 4) is 11.9 Å². The van der Waals surface area contributed by atoms with E-state index in [2.05, 4.69) is 20.7 Å². The molecule has 1 aromatic carbocycles. The third-order valence-electron chi connectivity index (χ3n) is 4.58. The number of rotatable bonds is 5. The Bertz CT molecular complexity index is 937. The van der Waals surface area contributed by atoms with Crippen LogP contribution < -0.4 is 4.74 Å². The maximum atomic E-state index is 12.7. The van der Waals surface area contributed by atoms with Gasteiger partial charge in [-0.2, -0.15) is 18.4 Å². The Morgan fingerprint density at radius 1 is 1.20 bits per heavy atom. The quantitative estimate of drug-likeness (QED) is 0.714. The lowest BCUT2D eigenvalue weighted by molar-refractivity contribution is -0.154. The van der Waals surface area contributed by atoms with E-state index in [0.717, 1.165) is 5.56 Å². The summed E-state index contributed by atoms with van der Waals surface area (Å²) in [7, 11) is 0. The topological polar surface area (TPSA) is 69.5 Å². The Balaban J connectivity index is 1.54. The van der Waals surface area contributed by atoms with E-state index < -0.39 is 12.8 Å². The van der Waals surface area contributed by atoms with Gasteiger partial charge in [-0.1, -0.05) is 23.7 Å². The highest BCUT2D eigenvalue weighted by Gasteiger charge is 2.29. The molecule has 1 aliphatic heterocycles. The van der Waals surface area contributed by atoms with Crippen LogP contribution in [-0.2, 0) is 6.54 Å². The Hall–Kier alpha value is -2.83. The standard InChI is InChI=1S/C20H18ClF3N4O2/c21-17-9-16(11-26-18(17)30-13-20(22,23)24)19(29)28-7-5-27(6-8-28)12-15-3-1-14(10-25)2-4-15/h1-4,9,11H,5-8,12-13H2. The van der Waals surface area contributed by atoms with Gasteiger partial charge in [-0.3, -0.25) is 9.69 Å². The molecule has 10 heteroatoms. The first kappa shape index (κ1) is 21.9. The Kier molecular flexibility index (Phi) is 6.80. The van der Waals surface area contributed by atoms with Crippen molar-refractivity contribution in [2.45, 2.75) is 12.7 Å². The summed E-state index contributed by atoms with van der Waals surface area (Å²) in [5, 5.41) is 8.71. The molecule has 30 heavy (non-hydrogen) atoms. The van der Waals surface area contributed by atoms with Crippen LogP contribution in [0.25, 0.3) is 0 Å². The van der Waals surface area contributed by atoms with Crippen LogP contribution in [-0.4, -0.2) is 59.7 Å². The molecule has 1 saturated heterocycles. The zero-order chi connectivity index (χ0) is 21.7. The van der Waals surface area contributed by atoms with E-state index in [1.54, 1.807) is 17.0 Å². The molecule has 158 valence electrons. The second-order valence-electron chi connectivity index (χ2n) is 6.79. The van der Waals surface area contributed by atoms with Gasteiger partial charge in [-0.05, 0) is 23.8 Å². The molecule has 1 amide bonds. The summed E-state index contributed by atoms with van der Waals surface area (Å²) >= 11 is 5.92. The van der Waals surface area contributed by atoms with E-state index in [9.17, 15) is 18.0 Å². The molecule has 1 aromatic heterocycles. The first-order valence-corrected chi connectivity index (χ1v) is 9.49. The van der Waals surface area contributed by atoms with Gasteiger partial charge in [0.2, 0.25) is 5.88 Å². The molecule has 3 rings (SSSR count). The molecule has 1 fully saturated rings. The molecule has 2 heterocycles. The van der Waals surface area contributed by atoms with Gasteiger partial charge in [0.05, 0.1) is 17.2 Å². The number of aromatic nitrogens is 1. The number of amides is 1. The number of ether oxygens (including phenoxy) is 1. The van der Waals surface area contributed by atoms with Crippen molar-refractivity contribution in [1.82, 2.24) is 14.8 Å². The number of halogens is 4. The average molecular weight is 439 g/mol. The van der Waals surface area contributed by atoms with Crippen LogP contribution in [0.4, 0.5) is 13.2 Å². The highest BCUT2D eigenvalue weighted by molar-refractivity contribution is 6.32. The first-order valence-electron chi connectivity index (χ1n) is 9.11. The van der Waals surface area contributed by atoms with Crippen molar-refractivity contribution in [2.24, 2.45) is 0 Å².